The average Bonchev–Trinajstić information content (AvgIpc) is 1.88. The Morgan fingerprint density at radius 2 is 2.50 bits per heavy atom. The quantitative estimate of drug-likeness (QED) is 0.497. The van der Waals surface area contributed by atoms with Crippen molar-refractivity contribution in [1.29, 1.82) is 0 Å². The minimum atomic E-state index is -1.13. The molecule has 1 aliphatic rings. The Labute approximate surface area is 58.3 Å². The lowest BCUT2D eigenvalue weighted by Crippen LogP contribution is -2.32. The number of hydroxylamine groups is 2. The first-order valence-electron chi connectivity index (χ1n) is 3.04. The van der Waals surface area contributed by atoms with E-state index >= 15 is 0 Å². The Kier molecular flexibility index (Phi) is 2.03. The third-order valence-electron chi connectivity index (χ3n) is 1.45. The van der Waals surface area contributed by atoms with E-state index in [1.54, 1.807) is 0 Å². The molecule has 56 valence electrons. The third-order valence-corrected chi connectivity index (χ3v) is 1.45. The molecule has 0 aromatic rings. The highest BCUT2D eigenvalue weighted by Crippen LogP contribution is 2.06. The molecule has 10 heavy (non-hydrogen) atoms. The van der Waals surface area contributed by atoms with Gasteiger partial charge in [-0.25, -0.2) is 0 Å². The summed E-state index contributed by atoms with van der Waals surface area (Å²) in [6, 6.07) is 0. The van der Waals surface area contributed by atoms with Crippen LogP contribution >= 0.6 is 0 Å². The molecule has 1 heterocycles. The molecule has 0 saturated carbocycles. The van der Waals surface area contributed by atoms with Crippen molar-refractivity contribution >= 4 is 5.97 Å². The normalized spacial score (nSPS) is 20.3. The van der Waals surface area contributed by atoms with Crippen LogP contribution in [0.5, 0.6) is 0 Å². The average molecular weight is 142 g/mol. The first-order valence-corrected chi connectivity index (χ1v) is 3.04. The summed E-state index contributed by atoms with van der Waals surface area (Å²) in [5.41, 5.74) is 0.283. The number of carbonyl (C=O) groups is 1. The number of rotatable bonds is 1. The molecular weight excluding hydrogens is 134 g/mol. The lowest BCUT2D eigenvalue weighted by molar-refractivity contribution is -0.299. The smallest absolute Gasteiger partial charge is 0.0672 e. The zero-order valence-electron chi connectivity index (χ0n) is 5.41. The van der Waals surface area contributed by atoms with E-state index in [1.807, 2.05) is 0 Å². The highest BCUT2D eigenvalue weighted by atomic mass is 16.5. The maximum Gasteiger partial charge on any atom is 0.0672 e. The number of aliphatic carboxylic acids is 1. The topological polar surface area (TPSA) is 63.6 Å². The molecule has 0 fully saturated rings. The van der Waals surface area contributed by atoms with E-state index in [0.29, 0.717) is 13.0 Å². The number of hydrogen-bond donors (Lipinski definition) is 1. The third kappa shape index (κ3) is 1.55. The predicted octanol–water partition coefficient (Wildman–Crippen LogP) is -1.24. The van der Waals surface area contributed by atoms with Crippen molar-refractivity contribution in [3.05, 3.63) is 11.6 Å². The van der Waals surface area contributed by atoms with Crippen molar-refractivity contribution in [2.75, 3.05) is 13.1 Å². The van der Waals surface area contributed by atoms with Crippen LogP contribution in [0.1, 0.15) is 6.42 Å². The van der Waals surface area contributed by atoms with Gasteiger partial charge in [0.25, 0.3) is 0 Å². The fourth-order valence-corrected chi connectivity index (χ4v) is 0.844. The Morgan fingerprint density at radius 1 is 1.80 bits per heavy atom. The largest absolute Gasteiger partial charge is 0.545 e. The van der Waals surface area contributed by atoms with Crippen LogP contribution in [0.25, 0.3) is 0 Å². The SMILES string of the molecule is O=C([O-])C1=CCN(O)CC1. The molecule has 0 bridgehead atoms. The van der Waals surface area contributed by atoms with Gasteiger partial charge >= 0.3 is 0 Å². The number of hydrogen-bond acceptors (Lipinski definition) is 4. The van der Waals surface area contributed by atoms with E-state index in [9.17, 15) is 9.90 Å². The molecule has 1 rings (SSSR count). The van der Waals surface area contributed by atoms with Crippen molar-refractivity contribution in [3.8, 4) is 0 Å². The van der Waals surface area contributed by atoms with E-state index in [1.165, 1.54) is 6.08 Å². The number of carboxylic acids is 1. The molecule has 0 aromatic heterocycles. The fourth-order valence-electron chi connectivity index (χ4n) is 0.844. The fraction of sp³-hybridized carbons (Fsp3) is 0.500. The summed E-state index contributed by atoms with van der Waals surface area (Å²) in [6.45, 7) is 0.656. The van der Waals surface area contributed by atoms with Crippen molar-refractivity contribution in [1.82, 2.24) is 5.06 Å². The van der Waals surface area contributed by atoms with Crippen LogP contribution in [0, 0.1) is 0 Å². The molecule has 0 spiro atoms. The molecule has 0 amide bonds. The summed E-state index contributed by atoms with van der Waals surface area (Å²) in [5, 5.41) is 20.0. The molecule has 4 nitrogen and oxygen atoms in total. The Bertz CT molecular complexity index is 176. The Morgan fingerprint density at radius 3 is 2.90 bits per heavy atom. The molecule has 0 radical (unpaired) electrons. The van der Waals surface area contributed by atoms with Crippen molar-refractivity contribution in [3.63, 3.8) is 0 Å². The maximum absolute atomic E-state index is 10.2. The van der Waals surface area contributed by atoms with Crippen LogP contribution in [0.4, 0.5) is 0 Å². The van der Waals surface area contributed by atoms with Gasteiger partial charge in [0.15, 0.2) is 0 Å². The van der Waals surface area contributed by atoms with Gasteiger partial charge in [-0.15, -0.1) is 0 Å². The van der Waals surface area contributed by atoms with Crippen LogP contribution in [0.15, 0.2) is 11.6 Å². The second-order valence-corrected chi connectivity index (χ2v) is 2.18. The summed E-state index contributed by atoms with van der Waals surface area (Å²) in [6.07, 6.45) is 1.82. The lowest BCUT2D eigenvalue weighted by Gasteiger charge is -2.20. The minimum Gasteiger partial charge on any atom is -0.545 e. The van der Waals surface area contributed by atoms with Crippen molar-refractivity contribution in [2.45, 2.75) is 6.42 Å². The maximum atomic E-state index is 10.2. The van der Waals surface area contributed by atoms with Gasteiger partial charge in [0.1, 0.15) is 0 Å². The lowest BCUT2D eigenvalue weighted by atomic mass is 10.1. The second kappa shape index (κ2) is 2.81. The van der Waals surface area contributed by atoms with Crippen molar-refractivity contribution < 1.29 is 15.1 Å². The summed E-state index contributed by atoms with van der Waals surface area (Å²) < 4.78 is 0. The van der Waals surface area contributed by atoms with Gasteiger partial charge in [-0.05, 0) is 12.0 Å². The molecule has 0 aromatic carbocycles. The standard InChI is InChI=1S/C6H9NO3/c8-6(9)5-1-3-7(10)4-2-5/h1,10H,2-4H2,(H,8,9)/p-1. The molecule has 0 saturated heterocycles. The predicted molar refractivity (Wildman–Crippen MR) is 31.1 cm³/mol. The highest BCUT2D eigenvalue weighted by Gasteiger charge is 2.08. The second-order valence-electron chi connectivity index (χ2n) is 2.18. The molecule has 0 aliphatic carbocycles. The van der Waals surface area contributed by atoms with E-state index in [2.05, 4.69) is 0 Å². The van der Waals surface area contributed by atoms with Gasteiger partial charge in [0.2, 0.25) is 0 Å². The molecular formula is C6H8NO3-. The number of carbonyl (C=O) groups excluding carboxylic acids is 1. The number of nitrogens with zero attached hydrogens (tertiary/aromatic N) is 1. The zero-order chi connectivity index (χ0) is 7.56. The number of carboxylic acid groups (broad SMARTS) is 1. The van der Waals surface area contributed by atoms with Gasteiger partial charge < -0.3 is 15.1 Å². The highest BCUT2D eigenvalue weighted by molar-refractivity contribution is 5.84. The van der Waals surface area contributed by atoms with Gasteiger partial charge in [-0.1, -0.05) is 6.08 Å². The zero-order valence-corrected chi connectivity index (χ0v) is 5.41. The van der Waals surface area contributed by atoms with E-state index in [4.69, 9.17) is 5.21 Å². The molecule has 0 atom stereocenters. The molecule has 1 N–H and O–H groups in total. The van der Waals surface area contributed by atoms with Gasteiger partial charge in [-0.3, -0.25) is 0 Å². The first-order chi connectivity index (χ1) is 4.70. The van der Waals surface area contributed by atoms with E-state index in [-0.39, 0.29) is 12.1 Å². The summed E-state index contributed by atoms with van der Waals surface area (Å²) in [4.78, 5) is 10.2. The summed E-state index contributed by atoms with van der Waals surface area (Å²) in [5.74, 6) is -1.13. The van der Waals surface area contributed by atoms with Gasteiger partial charge in [-0.2, -0.15) is 5.06 Å². The molecule has 1 aliphatic heterocycles. The van der Waals surface area contributed by atoms with Crippen LogP contribution in [-0.4, -0.2) is 29.3 Å². The molecule has 4 heteroatoms. The first kappa shape index (κ1) is 7.24. The van der Waals surface area contributed by atoms with Crippen molar-refractivity contribution in [2.24, 2.45) is 0 Å². The summed E-state index contributed by atoms with van der Waals surface area (Å²) in [7, 11) is 0. The van der Waals surface area contributed by atoms with E-state index < -0.39 is 5.97 Å². The van der Waals surface area contributed by atoms with Crippen LogP contribution in [0.2, 0.25) is 0 Å². The van der Waals surface area contributed by atoms with Crippen LogP contribution in [-0.2, 0) is 4.79 Å². The summed E-state index contributed by atoms with van der Waals surface area (Å²) >= 11 is 0. The Balaban J connectivity index is 2.56. The Hall–Kier alpha value is -0.870. The van der Waals surface area contributed by atoms with Crippen LogP contribution in [0.3, 0.4) is 0 Å². The molecule has 0 unspecified atom stereocenters. The van der Waals surface area contributed by atoms with Crippen LogP contribution < -0.4 is 5.11 Å². The van der Waals surface area contributed by atoms with Gasteiger partial charge in [0.05, 0.1) is 5.97 Å². The van der Waals surface area contributed by atoms with Gasteiger partial charge in [0, 0.05) is 13.1 Å². The monoisotopic (exact) mass is 142 g/mol. The van der Waals surface area contributed by atoms with E-state index in [0.717, 1.165) is 5.06 Å². The minimum absolute atomic E-state index is 0.281.